The van der Waals surface area contributed by atoms with Gasteiger partial charge in [0, 0.05) is 48.8 Å². The predicted octanol–water partition coefficient (Wildman–Crippen LogP) is 5.23. The van der Waals surface area contributed by atoms with Crippen LogP contribution in [0.1, 0.15) is 87.0 Å². The minimum atomic E-state index is -1.40. The fraction of sp³-hybridized carbons (Fsp3) is 0.628. The first-order valence-electron chi connectivity index (χ1n) is 20.9. The average molecular weight is 819 g/mol. The normalized spacial score (nSPS) is 24.6. The van der Waals surface area contributed by atoms with Crippen molar-refractivity contribution in [1.82, 2.24) is 35.2 Å². The van der Waals surface area contributed by atoms with Crippen LogP contribution >= 0.6 is 0 Å². The molecule has 6 rings (SSSR count). The summed E-state index contributed by atoms with van der Waals surface area (Å²) in [5, 5.41) is 24.5. The number of aliphatic carboxylic acids is 1. The third-order valence-corrected chi connectivity index (χ3v) is 11.6. The molecule has 59 heavy (non-hydrogen) atoms. The number of rotatable bonds is 16. The van der Waals surface area contributed by atoms with Crippen LogP contribution in [0.3, 0.4) is 0 Å². The highest BCUT2D eigenvalue weighted by Gasteiger charge is 2.61. The third-order valence-electron chi connectivity index (χ3n) is 11.6. The van der Waals surface area contributed by atoms with Gasteiger partial charge in [-0.05, 0) is 83.0 Å². The summed E-state index contributed by atoms with van der Waals surface area (Å²) in [6, 6.07) is 7.21. The highest BCUT2D eigenvalue weighted by molar-refractivity contribution is 5.96. The number of fused-ring (bicyclic) bond motifs is 1. The minimum Gasteiger partial charge on any atom is -0.492 e. The Balaban J connectivity index is 1.32. The summed E-state index contributed by atoms with van der Waals surface area (Å²) < 4.78 is 20.2. The molecule has 1 aliphatic heterocycles. The molecule has 1 saturated heterocycles. The number of hydrogen-bond acceptors (Lipinski definition) is 11. The summed E-state index contributed by atoms with van der Waals surface area (Å²) in [5.41, 5.74) is -1.59. The molecule has 3 aromatic rings. The molecule has 0 bridgehead atoms. The number of alkyl carbamates (subject to hydrolysis) is 1. The van der Waals surface area contributed by atoms with Gasteiger partial charge in [0.15, 0.2) is 5.82 Å². The first-order valence-corrected chi connectivity index (χ1v) is 20.9. The van der Waals surface area contributed by atoms with Crippen molar-refractivity contribution in [3.05, 3.63) is 36.5 Å². The van der Waals surface area contributed by atoms with E-state index in [1.165, 1.54) is 4.90 Å². The van der Waals surface area contributed by atoms with E-state index in [-0.39, 0.29) is 31.0 Å². The highest BCUT2D eigenvalue weighted by atomic mass is 16.6. The number of carbonyl (C=O) groups is 4. The van der Waals surface area contributed by atoms with E-state index in [0.29, 0.717) is 59.4 Å². The SMILES string of the molecule is CC[C@@H]1C[C@]1(NC(=O)[C@@H]1C[C@@H](Oc2cc(-n3ccc(NC(C)C)n3)nc3cc(OCCN(C)C)ccc23)CN1C(=O)[C@@H](NC(=O)O[C@@H]1CC[C@H](C)C1)C(C)(C)C)C(=O)O. The molecule has 7 atom stereocenters. The van der Waals surface area contributed by atoms with Gasteiger partial charge in [-0.3, -0.25) is 9.59 Å². The van der Waals surface area contributed by atoms with Crippen molar-refractivity contribution in [2.75, 3.05) is 39.1 Å². The number of ether oxygens (including phenoxy) is 3. The lowest BCUT2D eigenvalue weighted by Gasteiger charge is -2.35. The van der Waals surface area contributed by atoms with Gasteiger partial charge in [-0.25, -0.2) is 19.3 Å². The Morgan fingerprint density at radius 2 is 1.83 bits per heavy atom. The zero-order chi connectivity index (χ0) is 42.8. The van der Waals surface area contributed by atoms with E-state index in [4.69, 9.17) is 19.2 Å². The van der Waals surface area contributed by atoms with Gasteiger partial charge in [0.05, 0.1) is 12.1 Å². The standard InChI is InChI=1S/C43H62N8O8/c1-10-27-23-43(27,40(54)55)47-38(52)33-21-30(24-50(33)39(53)37(42(5,6)7)46-41(56)59-29-12-11-26(4)19-29)58-34-22-36(51-16-15-35(48-51)44-25(2)3)45-32-20-28(13-14-31(32)34)57-18-17-49(8)9/h13-16,20,22,25-27,29-30,33,37H,10-12,17-19,21,23-24H2,1-9H3,(H,44,48)(H,46,56)(H,47,52)(H,54,55)/t26-,27+,29+,30+,33-,37+,43+/m0/s1. The third kappa shape index (κ3) is 10.2. The number of hydrogen-bond donors (Lipinski definition) is 4. The molecule has 3 amide bonds. The van der Waals surface area contributed by atoms with Crippen molar-refractivity contribution in [2.24, 2.45) is 17.3 Å². The maximum atomic E-state index is 14.7. The predicted molar refractivity (Wildman–Crippen MR) is 223 cm³/mol. The number of pyridine rings is 1. The van der Waals surface area contributed by atoms with Crippen LogP contribution < -0.4 is 25.4 Å². The van der Waals surface area contributed by atoms with E-state index in [1.54, 1.807) is 16.9 Å². The Morgan fingerprint density at radius 3 is 2.46 bits per heavy atom. The molecule has 0 spiro atoms. The molecule has 322 valence electrons. The topological polar surface area (TPSA) is 189 Å². The first kappa shape index (κ1) is 43.5. The number of aromatic nitrogens is 3. The molecule has 2 aromatic heterocycles. The van der Waals surface area contributed by atoms with E-state index >= 15 is 0 Å². The van der Waals surface area contributed by atoms with Crippen LogP contribution in [-0.4, -0.2) is 123 Å². The molecule has 3 aliphatic rings. The van der Waals surface area contributed by atoms with Gasteiger partial charge in [-0.15, -0.1) is 5.10 Å². The van der Waals surface area contributed by atoms with Crippen LogP contribution in [0.5, 0.6) is 11.5 Å². The van der Waals surface area contributed by atoms with Gasteiger partial charge in [-0.1, -0.05) is 41.0 Å². The highest BCUT2D eigenvalue weighted by Crippen LogP contribution is 2.46. The molecule has 3 heterocycles. The fourth-order valence-corrected chi connectivity index (χ4v) is 8.17. The van der Waals surface area contributed by atoms with Crippen LogP contribution in [0.4, 0.5) is 10.6 Å². The van der Waals surface area contributed by atoms with Crippen LogP contribution in [0.2, 0.25) is 0 Å². The van der Waals surface area contributed by atoms with Crippen molar-refractivity contribution in [3.8, 4) is 17.3 Å². The van der Waals surface area contributed by atoms with Gasteiger partial charge in [-0.2, -0.15) is 0 Å². The van der Waals surface area contributed by atoms with Crippen molar-refractivity contribution < 1.29 is 38.5 Å². The minimum absolute atomic E-state index is 0.00719. The number of nitrogens with one attached hydrogen (secondary N) is 3. The molecule has 1 aromatic carbocycles. The van der Waals surface area contributed by atoms with Crippen LogP contribution in [0, 0.1) is 17.3 Å². The zero-order valence-electron chi connectivity index (χ0n) is 35.9. The summed E-state index contributed by atoms with van der Waals surface area (Å²) in [5.74, 6) is 0.267. The quantitative estimate of drug-likeness (QED) is 0.148. The Kier molecular flexibility index (Phi) is 13.0. The summed E-state index contributed by atoms with van der Waals surface area (Å²) >= 11 is 0. The van der Waals surface area contributed by atoms with Crippen LogP contribution in [0.25, 0.3) is 16.7 Å². The maximum absolute atomic E-state index is 14.7. The molecular formula is C43H62N8O8. The zero-order valence-corrected chi connectivity index (χ0v) is 35.9. The Hall–Kier alpha value is -5.12. The van der Waals surface area contributed by atoms with Gasteiger partial charge in [0.1, 0.15) is 53.8 Å². The summed E-state index contributed by atoms with van der Waals surface area (Å²) in [6.45, 7) is 14.8. The summed E-state index contributed by atoms with van der Waals surface area (Å²) in [4.78, 5) is 63.1. The largest absolute Gasteiger partial charge is 0.492 e. The number of anilines is 1. The van der Waals surface area contributed by atoms with E-state index in [1.807, 2.05) is 84.8 Å². The van der Waals surface area contributed by atoms with Crippen molar-refractivity contribution in [2.45, 2.75) is 123 Å². The van der Waals surface area contributed by atoms with Gasteiger partial charge < -0.3 is 45.1 Å². The lowest BCUT2D eigenvalue weighted by Crippen LogP contribution is -2.59. The van der Waals surface area contributed by atoms with Gasteiger partial charge in [0.25, 0.3) is 0 Å². The molecule has 2 saturated carbocycles. The molecule has 2 aliphatic carbocycles. The van der Waals surface area contributed by atoms with Crippen molar-refractivity contribution in [3.63, 3.8) is 0 Å². The van der Waals surface area contributed by atoms with Crippen molar-refractivity contribution in [1.29, 1.82) is 0 Å². The number of carbonyl (C=O) groups excluding carboxylic acids is 3. The van der Waals surface area contributed by atoms with E-state index in [2.05, 4.69) is 28.0 Å². The molecule has 0 unspecified atom stereocenters. The number of likely N-dealkylation sites (tertiary alicyclic amines) is 1. The smallest absolute Gasteiger partial charge is 0.408 e. The van der Waals surface area contributed by atoms with Crippen LogP contribution in [-0.2, 0) is 19.1 Å². The monoisotopic (exact) mass is 818 g/mol. The number of carboxylic acid groups (broad SMARTS) is 1. The Morgan fingerprint density at radius 1 is 1.07 bits per heavy atom. The van der Waals surface area contributed by atoms with E-state index in [9.17, 15) is 24.3 Å². The first-order chi connectivity index (χ1) is 27.9. The van der Waals surface area contributed by atoms with Crippen LogP contribution in [0.15, 0.2) is 36.5 Å². The molecular weight excluding hydrogens is 757 g/mol. The number of benzene rings is 1. The summed E-state index contributed by atoms with van der Waals surface area (Å²) in [7, 11) is 3.95. The Labute approximate surface area is 346 Å². The maximum Gasteiger partial charge on any atom is 0.408 e. The van der Waals surface area contributed by atoms with Gasteiger partial charge >= 0.3 is 12.1 Å². The molecule has 16 nitrogen and oxygen atoms in total. The molecule has 16 heteroatoms. The Bertz CT molecular complexity index is 2010. The van der Waals surface area contributed by atoms with Gasteiger partial charge in [0.2, 0.25) is 11.8 Å². The van der Waals surface area contributed by atoms with E-state index in [0.717, 1.165) is 25.8 Å². The molecule has 4 N–H and O–H groups in total. The molecule has 3 fully saturated rings. The number of likely N-dealkylation sites (N-methyl/N-ethyl adjacent to an activating group) is 1. The summed E-state index contributed by atoms with van der Waals surface area (Å²) in [6.07, 6.45) is 3.60. The fourth-order valence-electron chi connectivity index (χ4n) is 8.17. The second kappa shape index (κ2) is 17.6. The number of carboxylic acids is 1. The number of nitrogens with zero attached hydrogens (tertiary/aromatic N) is 5. The van der Waals surface area contributed by atoms with E-state index < -0.39 is 53.0 Å². The van der Waals surface area contributed by atoms with Crippen molar-refractivity contribution >= 4 is 40.6 Å². The molecule has 0 radical (unpaired) electrons. The average Bonchev–Trinajstić information content (AvgIpc) is 3.47. The lowest BCUT2D eigenvalue weighted by atomic mass is 9.85. The lowest BCUT2D eigenvalue weighted by molar-refractivity contribution is -0.146. The second-order valence-corrected chi connectivity index (χ2v) is 18.2. The second-order valence-electron chi connectivity index (χ2n) is 18.2. The number of amides is 3.